The van der Waals surface area contributed by atoms with Crippen molar-refractivity contribution in [1.82, 2.24) is 4.98 Å². The van der Waals surface area contributed by atoms with E-state index in [4.69, 9.17) is 13.8 Å². The molecule has 3 nitrogen and oxygen atoms in total. The highest BCUT2D eigenvalue weighted by Gasteiger charge is 2.27. The van der Waals surface area contributed by atoms with Crippen LogP contribution in [0.5, 0.6) is 0 Å². The van der Waals surface area contributed by atoms with Crippen molar-refractivity contribution >= 4 is 43.9 Å². The van der Waals surface area contributed by atoms with E-state index in [0.717, 1.165) is 55.1 Å². The maximum Gasteiger partial charge on any atom is 0.153 e. The van der Waals surface area contributed by atoms with Gasteiger partial charge in [-0.2, -0.15) is 0 Å². The molecule has 7 rings (SSSR count). The predicted octanol–water partition coefficient (Wildman–Crippen LogP) is 8.87. The fourth-order valence-electron chi connectivity index (χ4n) is 5.30. The van der Waals surface area contributed by atoms with Crippen LogP contribution >= 0.6 is 0 Å². The monoisotopic (exact) mass is 453 g/mol. The first-order chi connectivity index (χ1) is 17.1. The van der Waals surface area contributed by atoms with Crippen LogP contribution in [0.4, 0.5) is 0 Å². The van der Waals surface area contributed by atoms with E-state index in [2.05, 4.69) is 92.7 Å². The van der Waals surface area contributed by atoms with Gasteiger partial charge in [-0.25, -0.2) is 0 Å². The molecule has 0 saturated heterocycles. The quantitative estimate of drug-likeness (QED) is 0.268. The number of furan rings is 2. The van der Waals surface area contributed by atoms with Crippen LogP contribution in [0.2, 0.25) is 0 Å². The molecule has 3 heteroatoms. The van der Waals surface area contributed by atoms with Gasteiger partial charge in [-0.1, -0.05) is 92.7 Å². The first-order valence-electron chi connectivity index (χ1n) is 11.9. The number of benzene rings is 4. The lowest BCUT2D eigenvalue weighted by atomic mass is 9.77. The molecule has 0 atom stereocenters. The molecule has 3 aromatic heterocycles. The first kappa shape index (κ1) is 20.0. The van der Waals surface area contributed by atoms with Gasteiger partial charge in [0.1, 0.15) is 16.7 Å². The Morgan fingerprint density at radius 2 is 1.31 bits per heavy atom. The molecule has 0 amide bonds. The van der Waals surface area contributed by atoms with Gasteiger partial charge in [0.2, 0.25) is 0 Å². The van der Waals surface area contributed by atoms with E-state index < -0.39 is 0 Å². The standard InChI is InChI=1S/C32H23NO2/c1-32(2,20-10-4-3-5-11-20)26-16-9-14-23-22-13-8-15-24(30(22)35-31(23)26)27-18-25-21-12-6-7-17-28(21)34-29(25)19-33-27/h3-19H,1-2H3. The normalized spacial score (nSPS) is 12.3. The molecule has 0 aliphatic heterocycles. The molecular formula is C32H23NO2. The van der Waals surface area contributed by atoms with Crippen LogP contribution in [0.1, 0.15) is 25.0 Å². The molecule has 0 unspecified atom stereocenters. The van der Waals surface area contributed by atoms with Gasteiger partial charge in [-0.3, -0.25) is 4.98 Å². The molecule has 0 bridgehead atoms. The van der Waals surface area contributed by atoms with Crippen LogP contribution < -0.4 is 0 Å². The molecule has 0 radical (unpaired) electrons. The van der Waals surface area contributed by atoms with E-state index >= 15 is 0 Å². The van der Waals surface area contributed by atoms with Crippen molar-refractivity contribution in [2.24, 2.45) is 0 Å². The topological polar surface area (TPSA) is 39.2 Å². The van der Waals surface area contributed by atoms with Crippen LogP contribution in [0, 0.1) is 0 Å². The molecule has 7 aromatic rings. The third-order valence-corrected chi connectivity index (χ3v) is 7.23. The summed E-state index contributed by atoms with van der Waals surface area (Å²) in [4.78, 5) is 4.76. The summed E-state index contributed by atoms with van der Waals surface area (Å²) in [5.41, 5.74) is 7.53. The van der Waals surface area contributed by atoms with Crippen LogP contribution in [0.25, 0.3) is 55.1 Å². The fourth-order valence-corrected chi connectivity index (χ4v) is 5.30. The molecule has 0 saturated carbocycles. The molecule has 0 spiro atoms. The first-order valence-corrected chi connectivity index (χ1v) is 11.9. The average Bonchev–Trinajstić information content (AvgIpc) is 3.47. The third kappa shape index (κ3) is 2.95. The van der Waals surface area contributed by atoms with Crippen LogP contribution in [-0.4, -0.2) is 4.98 Å². The minimum atomic E-state index is -0.207. The summed E-state index contributed by atoms with van der Waals surface area (Å²) >= 11 is 0. The van der Waals surface area contributed by atoms with Crippen molar-refractivity contribution in [2.75, 3.05) is 0 Å². The van der Waals surface area contributed by atoms with Gasteiger partial charge < -0.3 is 8.83 Å². The zero-order valence-corrected chi connectivity index (χ0v) is 19.6. The van der Waals surface area contributed by atoms with Gasteiger partial charge in [0.05, 0.1) is 11.9 Å². The van der Waals surface area contributed by atoms with Crippen molar-refractivity contribution in [3.8, 4) is 11.3 Å². The summed E-state index contributed by atoms with van der Waals surface area (Å²) in [6.07, 6.45) is 1.82. The number of nitrogens with zero attached hydrogens (tertiary/aromatic N) is 1. The Bertz CT molecular complexity index is 1870. The maximum atomic E-state index is 6.69. The smallest absolute Gasteiger partial charge is 0.153 e. The number of aromatic nitrogens is 1. The molecule has 168 valence electrons. The summed E-state index contributed by atoms with van der Waals surface area (Å²) in [6.45, 7) is 4.51. The molecule has 35 heavy (non-hydrogen) atoms. The largest absolute Gasteiger partial charge is 0.455 e. The number of hydrogen-bond acceptors (Lipinski definition) is 3. The third-order valence-electron chi connectivity index (χ3n) is 7.23. The summed E-state index contributed by atoms with van der Waals surface area (Å²) in [6, 6.07) is 33.6. The fraction of sp³-hybridized carbons (Fsp3) is 0.0938. The van der Waals surface area contributed by atoms with Gasteiger partial charge in [0.25, 0.3) is 0 Å². The van der Waals surface area contributed by atoms with Crippen LogP contribution in [-0.2, 0) is 5.41 Å². The summed E-state index contributed by atoms with van der Waals surface area (Å²) in [5.74, 6) is 0. The van der Waals surface area contributed by atoms with E-state index in [0.29, 0.717) is 0 Å². The summed E-state index contributed by atoms with van der Waals surface area (Å²) in [7, 11) is 0. The van der Waals surface area contributed by atoms with Crippen molar-refractivity contribution in [2.45, 2.75) is 19.3 Å². The summed E-state index contributed by atoms with van der Waals surface area (Å²) in [5, 5.41) is 4.37. The highest BCUT2D eigenvalue weighted by atomic mass is 16.3. The van der Waals surface area contributed by atoms with Crippen LogP contribution in [0.3, 0.4) is 0 Å². The van der Waals surface area contributed by atoms with Crippen molar-refractivity contribution < 1.29 is 8.83 Å². The second-order valence-corrected chi connectivity index (χ2v) is 9.62. The lowest BCUT2D eigenvalue weighted by Crippen LogP contribution is -2.18. The van der Waals surface area contributed by atoms with Gasteiger partial charge in [0.15, 0.2) is 5.58 Å². The molecular weight excluding hydrogens is 430 g/mol. The van der Waals surface area contributed by atoms with E-state index in [1.54, 1.807) is 0 Å². The summed E-state index contributed by atoms with van der Waals surface area (Å²) < 4.78 is 12.7. The SMILES string of the molecule is CC(C)(c1ccccc1)c1cccc2c1oc1c(-c3cc4c(cn3)oc3ccccc34)cccc12. The van der Waals surface area contributed by atoms with Gasteiger partial charge in [0, 0.05) is 38.1 Å². The second kappa shape index (κ2) is 7.31. The van der Waals surface area contributed by atoms with Crippen molar-refractivity contribution in [3.63, 3.8) is 0 Å². The minimum absolute atomic E-state index is 0.207. The lowest BCUT2D eigenvalue weighted by molar-refractivity contribution is 0.608. The zero-order chi connectivity index (χ0) is 23.6. The van der Waals surface area contributed by atoms with Gasteiger partial charge >= 0.3 is 0 Å². The van der Waals surface area contributed by atoms with Crippen molar-refractivity contribution in [3.05, 3.63) is 114 Å². The Labute approximate surface area is 202 Å². The van der Waals surface area contributed by atoms with Gasteiger partial charge in [-0.05, 0) is 23.8 Å². The Morgan fingerprint density at radius 1 is 0.600 bits per heavy atom. The Morgan fingerprint density at radius 3 is 2.17 bits per heavy atom. The van der Waals surface area contributed by atoms with E-state index in [9.17, 15) is 0 Å². The predicted molar refractivity (Wildman–Crippen MR) is 143 cm³/mol. The van der Waals surface area contributed by atoms with E-state index in [-0.39, 0.29) is 5.41 Å². The van der Waals surface area contributed by atoms with E-state index in [1.807, 2.05) is 24.4 Å². The minimum Gasteiger partial charge on any atom is -0.455 e. The number of hydrogen-bond donors (Lipinski definition) is 0. The Hall–Kier alpha value is -4.37. The van der Waals surface area contributed by atoms with Crippen molar-refractivity contribution in [1.29, 1.82) is 0 Å². The lowest BCUT2D eigenvalue weighted by Gasteiger charge is -2.26. The molecule has 0 aliphatic rings. The average molecular weight is 454 g/mol. The van der Waals surface area contributed by atoms with Gasteiger partial charge in [-0.15, -0.1) is 0 Å². The van der Waals surface area contributed by atoms with Crippen LogP contribution in [0.15, 0.2) is 112 Å². The Kier molecular flexibility index (Phi) is 4.19. The molecule has 4 aromatic carbocycles. The number of fused-ring (bicyclic) bond motifs is 6. The highest BCUT2D eigenvalue weighted by Crippen LogP contribution is 2.42. The zero-order valence-electron chi connectivity index (χ0n) is 19.6. The number of pyridine rings is 1. The Balaban J connectivity index is 1.47. The molecule has 0 N–H and O–H groups in total. The highest BCUT2D eigenvalue weighted by molar-refractivity contribution is 6.11. The van der Waals surface area contributed by atoms with E-state index in [1.165, 1.54) is 11.1 Å². The number of para-hydroxylation sites is 3. The second-order valence-electron chi connectivity index (χ2n) is 9.62. The number of rotatable bonds is 3. The molecule has 0 aliphatic carbocycles. The molecule has 0 fully saturated rings. The maximum absolute atomic E-state index is 6.69. The molecule has 3 heterocycles.